The molecule has 1 aromatic rings. The van der Waals surface area contributed by atoms with Gasteiger partial charge in [-0.1, -0.05) is 0 Å². The molecule has 76 valence electrons. The van der Waals surface area contributed by atoms with Gasteiger partial charge < -0.3 is 5.73 Å². The minimum atomic E-state index is -0.675. The predicted molar refractivity (Wildman–Crippen MR) is 58.5 cm³/mol. The number of anilines is 1. The predicted octanol–water partition coefficient (Wildman–Crippen LogP) is 2.45. The van der Waals surface area contributed by atoms with Gasteiger partial charge in [-0.25, -0.2) is 0 Å². The lowest BCUT2D eigenvalue weighted by Crippen LogP contribution is -1.98. The van der Waals surface area contributed by atoms with E-state index in [0.717, 1.165) is 0 Å². The van der Waals surface area contributed by atoms with Crippen LogP contribution in [0.5, 0.6) is 0 Å². The van der Waals surface area contributed by atoms with Crippen molar-refractivity contribution in [1.82, 2.24) is 0 Å². The van der Waals surface area contributed by atoms with Crippen LogP contribution >= 0.6 is 35.6 Å². The van der Waals surface area contributed by atoms with Crippen molar-refractivity contribution in [1.29, 1.82) is 0 Å². The number of rotatable bonds is 2. The Morgan fingerprint density at radius 1 is 1.00 bits per heavy atom. The molecule has 0 saturated heterocycles. The summed E-state index contributed by atoms with van der Waals surface area (Å²) in [6, 6.07) is 4.04. The number of benzene rings is 1. The van der Waals surface area contributed by atoms with Gasteiger partial charge >= 0.3 is 0 Å². The van der Waals surface area contributed by atoms with E-state index in [2.05, 4.69) is 0 Å². The first-order valence-electron chi connectivity index (χ1n) is 3.31. The first-order chi connectivity index (χ1) is 6.00. The highest BCUT2D eigenvalue weighted by molar-refractivity contribution is 6.69. The van der Waals surface area contributed by atoms with Crippen molar-refractivity contribution in [3.63, 3.8) is 0 Å². The van der Waals surface area contributed by atoms with Gasteiger partial charge in [-0.15, -0.1) is 12.4 Å². The number of carbonyl (C=O) groups is 2. The van der Waals surface area contributed by atoms with Crippen LogP contribution in [0, 0.1) is 0 Å². The first-order valence-corrected chi connectivity index (χ1v) is 4.06. The largest absolute Gasteiger partial charge is 0.399 e. The number of hydrogen-bond donors (Lipinski definition) is 1. The van der Waals surface area contributed by atoms with E-state index in [1.807, 2.05) is 0 Å². The second kappa shape index (κ2) is 5.20. The third-order valence-electron chi connectivity index (χ3n) is 1.41. The van der Waals surface area contributed by atoms with Gasteiger partial charge in [-0.2, -0.15) is 0 Å². The second-order valence-electron chi connectivity index (χ2n) is 2.39. The molecule has 3 nitrogen and oxygen atoms in total. The average Bonchev–Trinajstić information content (AvgIpc) is 2.03. The highest BCUT2D eigenvalue weighted by Gasteiger charge is 2.08. The normalized spacial score (nSPS) is 9.00. The van der Waals surface area contributed by atoms with Crippen LogP contribution < -0.4 is 5.73 Å². The summed E-state index contributed by atoms with van der Waals surface area (Å²) in [5.41, 5.74) is 6.00. The zero-order valence-electron chi connectivity index (χ0n) is 6.79. The van der Waals surface area contributed by atoms with E-state index in [9.17, 15) is 9.59 Å². The van der Waals surface area contributed by atoms with E-state index in [1.165, 1.54) is 18.2 Å². The first kappa shape index (κ1) is 13.2. The molecule has 0 fully saturated rings. The van der Waals surface area contributed by atoms with Gasteiger partial charge in [-0.3, -0.25) is 9.59 Å². The minimum Gasteiger partial charge on any atom is -0.399 e. The third kappa shape index (κ3) is 3.18. The second-order valence-corrected chi connectivity index (χ2v) is 3.08. The van der Waals surface area contributed by atoms with Crippen molar-refractivity contribution >= 4 is 51.8 Å². The Hall–Kier alpha value is -0.770. The van der Waals surface area contributed by atoms with E-state index >= 15 is 0 Å². The van der Waals surface area contributed by atoms with E-state index in [-0.39, 0.29) is 29.2 Å². The summed E-state index contributed by atoms with van der Waals surface area (Å²) in [7, 11) is 0. The summed E-state index contributed by atoms with van der Waals surface area (Å²) < 4.78 is 0. The van der Waals surface area contributed by atoms with E-state index < -0.39 is 10.5 Å². The average molecular weight is 254 g/mol. The Bertz CT molecular complexity index is 347. The summed E-state index contributed by atoms with van der Waals surface area (Å²) in [6.07, 6.45) is 0. The smallest absolute Gasteiger partial charge is 0.252 e. The number of nitrogen functional groups attached to an aromatic ring is 1. The number of carbonyl (C=O) groups excluding carboxylic acids is 2. The molecule has 0 saturated carbocycles. The molecule has 1 aromatic carbocycles. The van der Waals surface area contributed by atoms with Crippen molar-refractivity contribution in [2.24, 2.45) is 0 Å². The van der Waals surface area contributed by atoms with Crippen molar-refractivity contribution in [2.45, 2.75) is 0 Å². The van der Waals surface area contributed by atoms with Crippen LogP contribution in [0.3, 0.4) is 0 Å². The van der Waals surface area contributed by atoms with Gasteiger partial charge in [-0.05, 0) is 41.4 Å². The van der Waals surface area contributed by atoms with Crippen LogP contribution in [0.2, 0.25) is 0 Å². The summed E-state index contributed by atoms with van der Waals surface area (Å²) in [4.78, 5) is 21.5. The fraction of sp³-hybridized carbons (Fsp3) is 0. The molecule has 6 heteroatoms. The third-order valence-corrected chi connectivity index (χ3v) is 1.85. The molecule has 0 aliphatic heterocycles. The van der Waals surface area contributed by atoms with Crippen molar-refractivity contribution < 1.29 is 9.59 Å². The van der Waals surface area contributed by atoms with Crippen LogP contribution in [-0.4, -0.2) is 10.5 Å². The van der Waals surface area contributed by atoms with Crippen LogP contribution in [0.1, 0.15) is 20.7 Å². The van der Waals surface area contributed by atoms with Gasteiger partial charge in [0.05, 0.1) is 0 Å². The van der Waals surface area contributed by atoms with Crippen LogP contribution in [-0.2, 0) is 0 Å². The lowest BCUT2D eigenvalue weighted by molar-refractivity contribution is 0.108. The topological polar surface area (TPSA) is 60.2 Å². The molecule has 0 radical (unpaired) electrons. The molecule has 0 amide bonds. The Labute approximate surface area is 96.6 Å². The molecule has 0 aliphatic carbocycles. The Morgan fingerprint density at radius 2 is 1.36 bits per heavy atom. The van der Waals surface area contributed by atoms with Gasteiger partial charge in [0.2, 0.25) is 0 Å². The molecular formula is C8H6Cl3NO2. The van der Waals surface area contributed by atoms with Gasteiger partial charge in [0, 0.05) is 16.8 Å². The summed E-state index contributed by atoms with van der Waals surface area (Å²) >= 11 is 10.4. The number of nitrogens with two attached hydrogens (primary N) is 1. The molecule has 2 N–H and O–H groups in total. The van der Waals surface area contributed by atoms with E-state index in [1.54, 1.807) is 0 Å². The highest BCUT2D eigenvalue weighted by atomic mass is 35.5. The van der Waals surface area contributed by atoms with Crippen molar-refractivity contribution in [3.05, 3.63) is 29.3 Å². The zero-order valence-corrected chi connectivity index (χ0v) is 9.12. The van der Waals surface area contributed by atoms with Crippen LogP contribution in [0.15, 0.2) is 18.2 Å². The van der Waals surface area contributed by atoms with Crippen LogP contribution in [0.25, 0.3) is 0 Å². The Kier molecular flexibility index (Phi) is 4.91. The molecule has 0 unspecified atom stereocenters. The van der Waals surface area contributed by atoms with Gasteiger partial charge in [0.15, 0.2) is 0 Å². The fourth-order valence-corrected chi connectivity index (χ4v) is 1.10. The lowest BCUT2D eigenvalue weighted by atomic mass is 10.1. The summed E-state index contributed by atoms with van der Waals surface area (Å²) in [5, 5.41) is -1.35. The van der Waals surface area contributed by atoms with E-state index in [0.29, 0.717) is 0 Å². The maximum absolute atomic E-state index is 10.7. The number of hydrogen-bond acceptors (Lipinski definition) is 3. The van der Waals surface area contributed by atoms with Crippen molar-refractivity contribution in [3.8, 4) is 0 Å². The molecule has 0 bridgehead atoms. The summed E-state index contributed by atoms with van der Waals surface area (Å²) in [6.45, 7) is 0. The minimum absolute atomic E-state index is 0. The van der Waals surface area contributed by atoms with Crippen molar-refractivity contribution in [2.75, 3.05) is 5.73 Å². The van der Waals surface area contributed by atoms with Gasteiger partial charge in [0.25, 0.3) is 10.5 Å². The molecule has 14 heavy (non-hydrogen) atoms. The highest BCUT2D eigenvalue weighted by Crippen LogP contribution is 2.15. The lowest BCUT2D eigenvalue weighted by Gasteiger charge is -1.99. The standard InChI is InChI=1S/C8H5Cl2NO2.ClH/c9-7(12)4-1-5(8(10)13)3-6(11)2-4;/h1-3H,11H2;1H. The van der Waals surface area contributed by atoms with E-state index in [4.69, 9.17) is 28.9 Å². The quantitative estimate of drug-likeness (QED) is 0.651. The SMILES string of the molecule is Cl.Nc1cc(C(=O)Cl)cc(C(=O)Cl)c1. The molecule has 0 atom stereocenters. The molecule has 0 aliphatic rings. The zero-order chi connectivity index (χ0) is 10.0. The van der Waals surface area contributed by atoms with Gasteiger partial charge in [0.1, 0.15) is 0 Å². The monoisotopic (exact) mass is 253 g/mol. The Morgan fingerprint density at radius 3 is 1.64 bits per heavy atom. The molecule has 1 rings (SSSR count). The molecule has 0 spiro atoms. The Balaban J connectivity index is 0.00000169. The fourth-order valence-electron chi connectivity index (χ4n) is 0.879. The number of halogens is 3. The molecule has 0 heterocycles. The molecular weight excluding hydrogens is 248 g/mol. The maximum atomic E-state index is 10.7. The maximum Gasteiger partial charge on any atom is 0.252 e. The van der Waals surface area contributed by atoms with Crippen LogP contribution in [0.4, 0.5) is 5.69 Å². The summed E-state index contributed by atoms with van der Waals surface area (Å²) in [5.74, 6) is 0. The molecule has 0 aromatic heterocycles.